The molecule has 0 atom stereocenters. The van der Waals surface area contributed by atoms with Crippen molar-refractivity contribution in [3.05, 3.63) is 27.1 Å². The Bertz CT molecular complexity index is 721. The SMILES string of the molecule is CCc1cc2c(=O)n(CCCC(N)=O)c(CCOC)nc2s1. The van der Waals surface area contributed by atoms with Gasteiger partial charge in [0, 0.05) is 31.4 Å². The third kappa shape index (κ3) is 3.72. The van der Waals surface area contributed by atoms with E-state index in [4.69, 9.17) is 10.5 Å². The van der Waals surface area contributed by atoms with Crippen LogP contribution < -0.4 is 11.3 Å². The number of ether oxygens (including phenoxy) is 1. The third-order valence-electron chi connectivity index (χ3n) is 3.46. The van der Waals surface area contributed by atoms with E-state index in [1.54, 1.807) is 23.0 Å². The summed E-state index contributed by atoms with van der Waals surface area (Å²) in [5.74, 6) is 0.345. The van der Waals surface area contributed by atoms with Gasteiger partial charge in [-0.2, -0.15) is 0 Å². The average molecular weight is 323 g/mol. The summed E-state index contributed by atoms with van der Waals surface area (Å²) in [6.45, 7) is 3.00. The van der Waals surface area contributed by atoms with Crippen molar-refractivity contribution in [3.8, 4) is 0 Å². The minimum atomic E-state index is -0.357. The fraction of sp³-hybridized carbons (Fsp3) is 0.533. The van der Waals surface area contributed by atoms with Gasteiger partial charge in [0.25, 0.3) is 5.56 Å². The van der Waals surface area contributed by atoms with Crippen LogP contribution in [-0.2, 0) is 28.9 Å². The zero-order valence-electron chi connectivity index (χ0n) is 12.9. The quantitative estimate of drug-likeness (QED) is 0.797. The number of fused-ring (bicyclic) bond motifs is 1. The summed E-state index contributed by atoms with van der Waals surface area (Å²) in [7, 11) is 1.62. The summed E-state index contributed by atoms with van der Waals surface area (Å²) < 4.78 is 6.74. The number of nitrogens with two attached hydrogens (primary N) is 1. The molecule has 22 heavy (non-hydrogen) atoms. The Balaban J connectivity index is 2.41. The molecule has 0 unspecified atom stereocenters. The number of hydrogen-bond donors (Lipinski definition) is 1. The summed E-state index contributed by atoms with van der Waals surface area (Å²) in [5, 5.41) is 0.655. The molecule has 0 radical (unpaired) electrons. The minimum absolute atomic E-state index is 0.0449. The fourth-order valence-electron chi connectivity index (χ4n) is 2.31. The van der Waals surface area contributed by atoms with Crippen LogP contribution in [0.2, 0.25) is 0 Å². The second-order valence-corrected chi connectivity index (χ2v) is 6.20. The predicted octanol–water partition coefficient (Wildman–Crippen LogP) is 1.47. The van der Waals surface area contributed by atoms with Crippen LogP contribution in [0.1, 0.15) is 30.5 Å². The molecule has 0 aliphatic heterocycles. The monoisotopic (exact) mass is 323 g/mol. The Labute approximate surface area is 132 Å². The van der Waals surface area contributed by atoms with Gasteiger partial charge in [-0.3, -0.25) is 14.2 Å². The lowest BCUT2D eigenvalue weighted by molar-refractivity contribution is -0.118. The molecular weight excluding hydrogens is 302 g/mol. The van der Waals surface area contributed by atoms with Crippen molar-refractivity contribution in [2.45, 2.75) is 39.2 Å². The number of rotatable bonds is 8. The Hall–Kier alpha value is -1.73. The van der Waals surface area contributed by atoms with Crippen molar-refractivity contribution >= 4 is 27.5 Å². The highest BCUT2D eigenvalue weighted by molar-refractivity contribution is 7.18. The van der Waals surface area contributed by atoms with Gasteiger partial charge in [0.2, 0.25) is 5.91 Å². The lowest BCUT2D eigenvalue weighted by Crippen LogP contribution is -2.26. The maximum atomic E-state index is 12.7. The highest BCUT2D eigenvalue weighted by Gasteiger charge is 2.13. The number of thiophene rings is 1. The molecule has 0 saturated heterocycles. The summed E-state index contributed by atoms with van der Waals surface area (Å²) in [4.78, 5) is 30.1. The molecule has 1 amide bonds. The van der Waals surface area contributed by atoms with Crippen LogP contribution in [0.3, 0.4) is 0 Å². The van der Waals surface area contributed by atoms with Gasteiger partial charge in [-0.15, -0.1) is 11.3 Å². The molecule has 0 aromatic carbocycles. The number of hydrogen-bond acceptors (Lipinski definition) is 5. The molecule has 0 bridgehead atoms. The van der Waals surface area contributed by atoms with Crippen LogP contribution in [0, 0.1) is 0 Å². The predicted molar refractivity (Wildman–Crippen MR) is 87.3 cm³/mol. The van der Waals surface area contributed by atoms with Crippen molar-refractivity contribution in [2.75, 3.05) is 13.7 Å². The van der Waals surface area contributed by atoms with E-state index < -0.39 is 0 Å². The van der Waals surface area contributed by atoms with E-state index in [0.717, 1.165) is 16.1 Å². The lowest BCUT2D eigenvalue weighted by Gasteiger charge is -2.11. The number of carbonyl (C=O) groups excluding carboxylic acids is 1. The Kier molecular flexibility index (Phi) is 5.68. The van der Waals surface area contributed by atoms with E-state index >= 15 is 0 Å². The van der Waals surface area contributed by atoms with E-state index in [-0.39, 0.29) is 17.9 Å². The summed E-state index contributed by atoms with van der Waals surface area (Å²) >= 11 is 1.56. The van der Waals surface area contributed by atoms with Crippen LogP contribution in [0.15, 0.2) is 10.9 Å². The molecule has 7 heteroatoms. The van der Waals surface area contributed by atoms with E-state index in [9.17, 15) is 9.59 Å². The van der Waals surface area contributed by atoms with Crippen LogP contribution in [0.25, 0.3) is 10.2 Å². The first-order valence-corrected chi connectivity index (χ1v) is 8.17. The normalized spacial score (nSPS) is 11.2. The zero-order chi connectivity index (χ0) is 16.1. The molecule has 2 aromatic rings. The standard InChI is InChI=1S/C15H21N3O3S/c1-3-10-9-11-14(22-10)17-13(6-8-21-2)18(15(11)20)7-4-5-12(16)19/h9H,3-8H2,1-2H3,(H2,16,19). The number of aromatic nitrogens is 2. The van der Waals surface area contributed by atoms with Gasteiger partial charge in [0.1, 0.15) is 10.7 Å². The Morgan fingerprint density at radius 3 is 2.91 bits per heavy atom. The van der Waals surface area contributed by atoms with Crippen LogP contribution in [0.5, 0.6) is 0 Å². The molecule has 2 heterocycles. The molecule has 120 valence electrons. The highest BCUT2D eigenvalue weighted by atomic mass is 32.1. The van der Waals surface area contributed by atoms with E-state index in [1.807, 2.05) is 6.07 Å². The summed E-state index contributed by atoms with van der Waals surface area (Å²) in [6, 6.07) is 1.92. The van der Waals surface area contributed by atoms with Crippen LogP contribution in [0.4, 0.5) is 0 Å². The van der Waals surface area contributed by atoms with Gasteiger partial charge in [-0.1, -0.05) is 6.92 Å². The maximum absolute atomic E-state index is 12.7. The molecule has 0 saturated carbocycles. The highest BCUT2D eigenvalue weighted by Crippen LogP contribution is 2.22. The number of methoxy groups -OCH3 is 1. The molecule has 2 rings (SSSR count). The second kappa shape index (κ2) is 7.51. The first-order valence-electron chi connectivity index (χ1n) is 7.36. The second-order valence-electron chi connectivity index (χ2n) is 5.08. The Morgan fingerprint density at radius 2 is 2.27 bits per heavy atom. The number of aryl methyl sites for hydroxylation is 1. The zero-order valence-corrected chi connectivity index (χ0v) is 13.7. The minimum Gasteiger partial charge on any atom is -0.384 e. The van der Waals surface area contributed by atoms with Crippen LogP contribution in [-0.4, -0.2) is 29.2 Å². The van der Waals surface area contributed by atoms with Gasteiger partial charge in [-0.05, 0) is 18.9 Å². The summed E-state index contributed by atoms with van der Waals surface area (Å²) in [5.41, 5.74) is 5.12. The van der Waals surface area contributed by atoms with Crippen molar-refractivity contribution < 1.29 is 9.53 Å². The van der Waals surface area contributed by atoms with Crippen molar-refractivity contribution in [1.82, 2.24) is 9.55 Å². The Morgan fingerprint density at radius 1 is 1.50 bits per heavy atom. The van der Waals surface area contributed by atoms with E-state index in [2.05, 4.69) is 11.9 Å². The molecule has 0 fully saturated rings. The third-order valence-corrected chi connectivity index (χ3v) is 4.64. The molecule has 6 nitrogen and oxygen atoms in total. The molecule has 2 aromatic heterocycles. The van der Waals surface area contributed by atoms with Gasteiger partial charge in [0.05, 0.1) is 12.0 Å². The number of carbonyl (C=O) groups is 1. The van der Waals surface area contributed by atoms with Crippen molar-refractivity contribution in [1.29, 1.82) is 0 Å². The molecule has 0 aliphatic carbocycles. The first kappa shape index (κ1) is 16.6. The number of nitrogens with zero attached hydrogens (tertiary/aromatic N) is 2. The smallest absolute Gasteiger partial charge is 0.262 e. The van der Waals surface area contributed by atoms with Crippen molar-refractivity contribution in [3.63, 3.8) is 0 Å². The van der Waals surface area contributed by atoms with Gasteiger partial charge >= 0.3 is 0 Å². The lowest BCUT2D eigenvalue weighted by atomic mass is 10.2. The van der Waals surface area contributed by atoms with Gasteiger partial charge in [-0.25, -0.2) is 4.98 Å². The molecule has 0 spiro atoms. The van der Waals surface area contributed by atoms with Gasteiger partial charge < -0.3 is 10.5 Å². The molecule has 0 aliphatic rings. The average Bonchev–Trinajstić information content (AvgIpc) is 2.90. The summed E-state index contributed by atoms with van der Waals surface area (Å²) in [6.07, 6.45) is 2.25. The topological polar surface area (TPSA) is 87.2 Å². The fourth-order valence-corrected chi connectivity index (χ4v) is 3.28. The molecule has 2 N–H and O–H groups in total. The first-order chi connectivity index (χ1) is 10.6. The largest absolute Gasteiger partial charge is 0.384 e. The maximum Gasteiger partial charge on any atom is 0.262 e. The van der Waals surface area contributed by atoms with E-state index in [1.165, 1.54) is 0 Å². The van der Waals surface area contributed by atoms with Gasteiger partial charge in [0.15, 0.2) is 0 Å². The molecular formula is C15H21N3O3S. The van der Waals surface area contributed by atoms with E-state index in [0.29, 0.717) is 37.2 Å². The number of primary amides is 1. The number of amides is 1. The van der Waals surface area contributed by atoms with Crippen molar-refractivity contribution in [2.24, 2.45) is 5.73 Å². The van der Waals surface area contributed by atoms with Crippen LogP contribution >= 0.6 is 11.3 Å².